The van der Waals surface area contributed by atoms with Crippen LogP contribution in [-0.4, -0.2) is 95.5 Å². The van der Waals surface area contributed by atoms with Crippen LogP contribution in [0.3, 0.4) is 0 Å². The van der Waals surface area contributed by atoms with Gasteiger partial charge in [-0.05, 0) is 75.4 Å². The summed E-state index contributed by atoms with van der Waals surface area (Å²) < 4.78 is 55.1. The zero-order valence-corrected chi connectivity index (χ0v) is 33.2. The molecule has 2 fully saturated rings. The summed E-state index contributed by atoms with van der Waals surface area (Å²) in [6.07, 6.45) is 5.64. The van der Waals surface area contributed by atoms with Gasteiger partial charge in [-0.15, -0.1) is 6.58 Å². The summed E-state index contributed by atoms with van der Waals surface area (Å²) in [5.41, 5.74) is -0.758. The maximum absolute atomic E-state index is 14.5. The average molecular weight is 812 g/mol. The molecule has 5 amide bonds. The molecule has 4 N–H and O–H groups in total. The molecule has 3 aliphatic heterocycles. The number of fused-ring (bicyclic) bond motifs is 3. The van der Waals surface area contributed by atoms with Gasteiger partial charge in [0.05, 0.1) is 18.8 Å². The Labute approximate surface area is 331 Å². The van der Waals surface area contributed by atoms with Crippen molar-refractivity contribution in [2.75, 3.05) is 18.4 Å². The first kappa shape index (κ1) is 41.4. The van der Waals surface area contributed by atoms with E-state index in [1.807, 2.05) is 10.8 Å². The molecule has 308 valence electrons. The van der Waals surface area contributed by atoms with Gasteiger partial charge in [0.2, 0.25) is 11.8 Å². The molecule has 1 saturated heterocycles. The van der Waals surface area contributed by atoms with Gasteiger partial charge in [0.15, 0.2) is 0 Å². The maximum Gasteiger partial charge on any atom is 0.410 e. The van der Waals surface area contributed by atoms with Crippen LogP contribution in [0, 0.1) is 11.7 Å². The average Bonchev–Trinajstić information content (AvgIpc) is 3.44. The normalized spacial score (nSPS) is 26.8. The summed E-state index contributed by atoms with van der Waals surface area (Å²) in [5.74, 6) is -4.01. The number of nitrogens with zero attached hydrogens (tertiary/aromatic N) is 3. The number of rotatable bonds is 3. The number of carbonyl (C=O) groups is 5. The lowest BCUT2D eigenvalue weighted by Gasteiger charge is -2.30. The van der Waals surface area contributed by atoms with E-state index in [1.165, 1.54) is 21.9 Å². The van der Waals surface area contributed by atoms with Crippen LogP contribution in [-0.2, 0) is 47.0 Å². The molecule has 57 heavy (non-hydrogen) atoms. The Morgan fingerprint density at radius 2 is 1.81 bits per heavy atom. The minimum atomic E-state index is -4.66. The van der Waals surface area contributed by atoms with Crippen molar-refractivity contribution in [2.24, 2.45) is 5.92 Å². The van der Waals surface area contributed by atoms with E-state index >= 15 is 0 Å². The van der Waals surface area contributed by atoms with Crippen LogP contribution < -0.4 is 20.7 Å². The van der Waals surface area contributed by atoms with E-state index in [0.717, 1.165) is 36.1 Å². The largest absolute Gasteiger partial charge is 0.444 e. The third-order valence-electron chi connectivity index (χ3n) is 10.6. The number of amides is 5. The Bertz CT molecular complexity index is 2000. The number of aromatic nitrogens is 1. The zero-order valence-electron chi connectivity index (χ0n) is 32.3. The van der Waals surface area contributed by atoms with E-state index in [1.54, 1.807) is 33.2 Å². The first-order valence-electron chi connectivity index (χ1n) is 19.2. The van der Waals surface area contributed by atoms with E-state index in [0.29, 0.717) is 25.8 Å². The van der Waals surface area contributed by atoms with Crippen LogP contribution in [0.5, 0.6) is 0 Å². The monoisotopic (exact) mass is 811 g/mol. The van der Waals surface area contributed by atoms with Crippen molar-refractivity contribution in [3.63, 3.8) is 0 Å². The molecule has 0 bridgehead atoms. The molecule has 18 heteroatoms. The number of anilines is 1. The minimum absolute atomic E-state index is 0.00979. The number of hydrogen-bond donors (Lipinski definition) is 4. The van der Waals surface area contributed by atoms with E-state index in [2.05, 4.69) is 27.5 Å². The fourth-order valence-electron chi connectivity index (χ4n) is 7.54. The Hall–Kier alpha value is -5.26. The standard InChI is InChI=1S/C39H50FN7O9S/c1-5-26-19-39(26)35(50)45-57(53,54)32-17-27(40)12-13-29(32)42-15-10-8-6-7-9-11-30(43-36(51)56-38(2,3)4)34(49)47-23-28(18-31(47)33(48)44-39)55-37(52)46-21-24-14-16-41-20-25(24)22-46/h5,12-14,16-17,20,26,28,30-31,42H,1,6-11,15,18-19,21-23H2,2-4H3,(H,43,51)(H,44,48)(H,45,50)/t26-,28-,30+,31+,39-/m1/s1. The third-order valence-corrected chi connectivity index (χ3v) is 12.0. The number of sulfonamides is 1. The van der Waals surface area contributed by atoms with Crippen LogP contribution in [0.4, 0.5) is 19.7 Å². The topological polar surface area (TPSA) is 205 Å². The smallest absolute Gasteiger partial charge is 0.410 e. The summed E-state index contributed by atoms with van der Waals surface area (Å²) in [6.45, 7) is 9.52. The molecule has 1 spiro atoms. The van der Waals surface area contributed by atoms with Crippen LogP contribution in [0.1, 0.15) is 83.3 Å². The van der Waals surface area contributed by atoms with Crippen molar-refractivity contribution < 1.29 is 46.3 Å². The van der Waals surface area contributed by atoms with Crippen molar-refractivity contribution in [2.45, 2.75) is 119 Å². The Balaban J connectivity index is 1.29. The number of carbonyl (C=O) groups excluding carboxylic acids is 5. The summed E-state index contributed by atoms with van der Waals surface area (Å²) in [4.78, 5) is 75.5. The quantitative estimate of drug-likeness (QED) is 0.328. The molecule has 5 atom stereocenters. The highest BCUT2D eigenvalue weighted by molar-refractivity contribution is 7.90. The highest BCUT2D eigenvalue weighted by Gasteiger charge is 2.61. The Kier molecular flexibility index (Phi) is 12.1. The van der Waals surface area contributed by atoms with Crippen molar-refractivity contribution in [1.82, 2.24) is 30.1 Å². The number of nitrogens with one attached hydrogen (secondary N) is 4. The third kappa shape index (κ3) is 9.65. The van der Waals surface area contributed by atoms with Crippen molar-refractivity contribution in [3.8, 4) is 0 Å². The second-order valence-corrected chi connectivity index (χ2v) is 17.7. The minimum Gasteiger partial charge on any atom is -0.444 e. The van der Waals surface area contributed by atoms with E-state index < -0.39 is 85.9 Å². The second-order valence-electron chi connectivity index (χ2n) is 16.0. The summed E-state index contributed by atoms with van der Waals surface area (Å²) in [7, 11) is -4.66. The number of pyridine rings is 1. The van der Waals surface area contributed by atoms with Gasteiger partial charge in [-0.3, -0.25) is 24.3 Å². The van der Waals surface area contributed by atoms with Crippen molar-refractivity contribution in [1.29, 1.82) is 0 Å². The highest BCUT2D eigenvalue weighted by Crippen LogP contribution is 2.45. The van der Waals surface area contributed by atoms with Gasteiger partial charge in [0.25, 0.3) is 15.9 Å². The van der Waals surface area contributed by atoms with Gasteiger partial charge in [0.1, 0.15) is 40.0 Å². The van der Waals surface area contributed by atoms with Crippen molar-refractivity contribution in [3.05, 3.63) is 66.3 Å². The molecular weight excluding hydrogens is 762 g/mol. The van der Waals surface area contributed by atoms with Crippen LogP contribution in [0.15, 0.2) is 54.2 Å². The molecule has 1 saturated carbocycles. The summed E-state index contributed by atoms with van der Waals surface area (Å²) in [6, 6.07) is 2.61. The Morgan fingerprint density at radius 1 is 1.07 bits per heavy atom. The van der Waals surface area contributed by atoms with E-state index in [9.17, 15) is 36.8 Å². The predicted molar refractivity (Wildman–Crippen MR) is 204 cm³/mol. The molecule has 6 rings (SSSR count). The van der Waals surface area contributed by atoms with Gasteiger partial charge >= 0.3 is 12.2 Å². The van der Waals surface area contributed by atoms with E-state index in [4.69, 9.17) is 9.47 Å². The molecule has 0 unspecified atom stereocenters. The lowest BCUT2D eigenvalue weighted by Crippen LogP contribution is -2.58. The molecule has 1 aliphatic carbocycles. The molecule has 16 nitrogen and oxygen atoms in total. The van der Waals surface area contributed by atoms with Crippen LogP contribution in [0.25, 0.3) is 0 Å². The first-order chi connectivity index (χ1) is 27.0. The first-order valence-corrected chi connectivity index (χ1v) is 20.7. The number of halogens is 1. The maximum atomic E-state index is 14.5. The lowest BCUT2D eigenvalue weighted by molar-refractivity contribution is -0.141. The van der Waals surface area contributed by atoms with E-state index in [-0.39, 0.29) is 44.6 Å². The SMILES string of the molecule is C=C[C@@H]1C[C@@]12NC(=O)[C@@H]1C[C@@H](OC(=O)N3Cc4ccncc4C3)CN1C(=O)[C@@H](NC(=O)OC(C)(C)C)CCCCCCCNc1ccc(F)cc1S(=O)(=O)NC2=O. The number of hydrogen-bond acceptors (Lipinski definition) is 11. The van der Waals surface area contributed by atoms with Gasteiger partial charge in [-0.1, -0.05) is 31.8 Å². The van der Waals surface area contributed by atoms with Crippen molar-refractivity contribution >= 4 is 45.6 Å². The fourth-order valence-corrected chi connectivity index (χ4v) is 8.78. The predicted octanol–water partition coefficient (Wildman–Crippen LogP) is 3.87. The zero-order chi connectivity index (χ0) is 41.1. The molecule has 1 aromatic heterocycles. The number of alkyl carbamates (subject to hydrolysis) is 1. The van der Waals surface area contributed by atoms with Gasteiger partial charge < -0.3 is 30.3 Å². The van der Waals surface area contributed by atoms with Gasteiger partial charge in [-0.25, -0.2) is 27.1 Å². The molecule has 4 heterocycles. The molecule has 4 aliphatic rings. The van der Waals surface area contributed by atoms with Gasteiger partial charge in [-0.2, -0.15) is 0 Å². The molecule has 1 aromatic carbocycles. The molecular formula is C39H50FN7O9S. The number of benzene rings is 1. The summed E-state index contributed by atoms with van der Waals surface area (Å²) in [5, 5.41) is 8.41. The number of ether oxygens (including phenoxy) is 2. The lowest BCUT2D eigenvalue weighted by atomic mass is 10.0. The van der Waals surface area contributed by atoms with Crippen LogP contribution >= 0.6 is 0 Å². The Morgan fingerprint density at radius 3 is 2.53 bits per heavy atom. The van der Waals surface area contributed by atoms with Gasteiger partial charge in [0, 0.05) is 37.8 Å². The summed E-state index contributed by atoms with van der Waals surface area (Å²) >= 11 is 0. The van der Waals surface area contributed by atoms with Crippen LogP contribution in [0.2, 0.25) is 0 Å². The molecule has 2 aromatic rings. The molecule has 0 radical (unpaired) electrons. The highest BCUT2D eigenvalue weighted by atomic mass is 32.2. The second kappa shape index (κ2) is 16.7. The fraction of sp³-hybridized carbons (Fsp3) is 0.538.